The van der Waals surface area contributed by atoms with E-state index in [4.69, 9.17) is 328 Å². The molecular weight excluding hydrogens is 1850 g/mol. The van der Waals surface area contributed by atoms with Gasteiger partial charge in [0.05, 0.1) is 39.6 Å². The molecule has 0 bridgehead atoms. The lowest BCUT2D eigenvalue weighted by Gasteiger charge is -1.70. The Kier molecular flexibility index (Phi) is 394. The fourth-order valence-electron chi connectivity index (χ4n) is 0. The van der Waals surface area contributed by atoms with Crippen LogP contribution in [0.3, 0.4) is 0 Å². The molecule has 0 spiro atoms. The second-order valence-electron chi connectivity index (χ2n) is 16.9. The van der Waals surface area contributed by atoms with Crippen molar-refractivity contribution in [2.45, 2.75) is 208 Å². The van der Waals surface area contributed by atoms with Gasteiger partial charge in [-0.1, -0.05) is 0 Å². The van der Waals surface area contributed by atoms with Gasteiger partial charge < -0.3 is 184 Å². The van der Waals surface area contributed by atoms with Crippen LogP contribution in [0.25, 0.3) is 0 Å². The zero-order valence-corrected chi connectivity index (χ0v) is 77.6. The number of hydrogen-bond acceptors (Lipinski definition) is 36. The van der Waals surface area contributed by atoms with Crippen molar-refractivity contribution in [3.05, 3.63) is 0 Å². The van der Waals surface area contributed by atoms with E-state index in [9.17, 15) is 0 Å². The molecule has 0 saturated heterocycles. The predicted molar refractivity (Wildman–Crippen MR) is 442 cm³/mol. The molecule has 0 fully saturated rings. The maximum Gasteiger partial charge on any atom is 0.300 e. The highest BCUT2D eigenvalue weighted by atomic mass is 16.5. The Morgan fingerprint density at radius 2 is 0.0909 bits per heavy atom. The molecule has 0 aliphatic carbocycles. The Balaban J connectivity index is -0.0000000247. The fourth-order valence-corrected chi connectivity index (χ4v) is 0. The minimum atomic E-state index is -0.833. The van der Waals surface area contributed by atoms with E-state index in [0.29, 0.717) is 0 Å². The summed E-state index contributed by atoms with van der Waals surface area (Å²) in [6.45, 7) is 31.7. The maximum atomic E-state index is 9.00. The Bertz CT molecular complexity index is 1800. The molecule has 0 aliphatic rings. The number of carbonyl (C=O) groups is 30. The van der Waals surface area contributed by atoms with Gasteiger partial charge in [-0.25, -0.2) is 0 Å². The number of aliphatic hydroxyl groups excluding tert-OH is 6. The molecule has 0 aromatic heterocycles. The van der Waals surface area contributed by atoms with Crippen LogP contribution in [0.1, 0.15) is 208 Å². The van der Waals surface area contributed by atoms with Crippen LogP contribution < -0.4 is 0 Å². The van der Waals surface area contributed by atoms with E-state index < -0.39 is 179 Å². The second kappa shape index (κ2) is 233. The van der Waals surface area contributed by atoms with E-state index in [2.05, 4.69) is 0 Å². The molecule has 0 saturated carbocycles. The van der Waals surface area contributed by atoms with Gasteiger partial charge in [-0.3, -0.25) is 144 Å². The summed E-state index contributed by atoms with van der Waals surface area (Å²) in [7, 11) is 0. The van der Waals surface area contributed by atoms with Gasteiger partial charge in [-0.2, -0.15) is 0 Å². The average molecular weight is 1990 g/mol. The molecule has 66 nitrogen and oxygen atoms in total. The quantitative estimate of drug-likeness (QED) is 0.172. The number of rotatable bonds is 3. The lowest BCUT2D eigenvalue weighted by atomic mass is 10.8. The van der Waals surface area contributed by atoms with Crippen molar-refractivity contribution in [3.63, 3.8) is 0 Å². The number of carboxylic acid groups (broad SMARTS) is 30. The molecule has 0 aromatic rings. The predicted octanol–water partition coefficient (Wildman–Crippen LogP) is -0.360. The summed E-state index contributed by atoms with van der Waals surface area (Å²) in [6.07, 6.45) is 0. The van der Waals surface area contributed by atoms with Crippen LogP contribution in [0.5, 0.6) is 0 Å². The summed E-state index contributed by atoms with van der Waals surface area (Å²) in [6, 6.07) is 0. The Morgan fingerprint density at radius 3 is 0.0909 bits per heavy atom. The third kappa shape index (κ3) is 8400. The molecule has 798 valence electrons. The van der Waals surface area contributed by atoms with Crippen LogP contribution in [0.15, 0.2) is 0 Å². The standard InChI is InChI=1S/30C2H4O2.3C2H6O2/c30*1-2(3)4;3*3-1-2-4/h30*1H3,(H,3,4);3*3-4H,1-2H2. The van der Waals surface area contributed by atoms with Gasteiger partial charge in [0, 0.05) is 208 Å². The van der Waals surface area contributed by atoms with Crippen molar-refractivity contribution >= 4 is 179 Å². The smallest absolute Gasteiger partial charge is 0.300 e. The topological polar surface area (TPSA) is 1240 Å². The second-order valence-corrected chi connectivity index (χ2v) is 16.9. The minimum Gasteiger partial charge on any atom is -0.481 e. The number of aliphatic carboxylic acids is 30. The first kappa shape index (κ1) is 223. The molecule has 0 aliphatic heterocycles. The Morgan fingerprint density at radius 1 is 0.0833 bits per heavy atom. The van der Waals surface area contributed by atoms with Crippen LogP contribution in [-0.4, -0.2) is 403 Å². The third-order valence-electron chi connectivity index (χ3n) is 0.300. The number of aliphatic hydroxyl groups is 6. The molecule has 0 amide bonds. The molecule has 132 heavy (non-hydrogen) atoms. The molecular formula is C66H138O66. The summed E-state index contributed by atoms with van der Waals surface area (Å²) in [5, 5.41) is 268. The van der Waals surface area contributed by atoms with Crippen LogP contribution in [-0.2, 0) is 144 Å². The summed E-state index contributed by atoms with van der Waals surface area (Å²) in [5.74, 6) is -25.0. The van der Waals surface area contributed by atoms with Crippen molar-refractivity contribution in [2.24, 2.45) is 0 Å². The summed E-state index contributed by atoms with van der Waals surface area (Å²) < 4.78 is 0. The van der Waals surface area contributed by atoms with Crippen LogP contribution in [0, 0.1) is 0 Å². The first-order chi connectivity index (χ1) is 57.7. The van der Waals surface area contributed by atoms with Crippen molar-refractivity contribution in [2.75, 3.05) is 39.6 Å². The van der Waals surface area contributed by atoms with E-state index in [1.165, 1.54) is 0 Å². The fraction of sp³-hybridized carbons (Fsp3) is 0.545. The van der Waals surface area contributed by atoms with Gasteiger partial charge in [0.25, 0.3) is 179 Å². The van der Waals surface area contributed by atoms with Gasteiger partial charge >= 0.3 is 0 Å². The van der Waals surface area contributed by atoms with Gasteiger partial charge in [-0.05, 0) is 0 Å². The van der Waals surface area contributed by atoms with E-state index >= 15 is 0 Å². The first-order valence-electron chi connectivity index (χ1n) is 31.2. The van der Waals surface area contributed by atoms with Crippen molar-refractivity contribution in [3.8, 4) is 0 Å². The Hall–Kier alpha value is -16.1. The van der Waals surface area contributed by atoms with Crippen LogP contribution in [0.2, 0.25) is 0 Å². The molecule has 0 aromatic carbocycles. The lowest BCUT2D eigenvalue weighted by molar-refractivity contribution is -0.135. The highest BCUT2D eigenvalue weighted by molar-refractivity contribution is 5.69. The Labute approximate surface area is 752 Å². The van der Waals surface area contributed by atoms with Crippen LogP contribution >= 0.6 is 0 Å². The van der Waals surface area contributed by atoms with Gasteiger partial charge in [0.1, 0.15) is 0 Å². The molecule has 0 unspecified atom stereocenters. The molecule has 0 radical (unpaired) electrons. The zero-order chi connectivity index (χ0) is 118. The minimum absolute atomic E-state index is 0.125. The normalized spacial score (nSPS) is 6.36. The van der Waals surface area contributed by atoms with Crippen molar-refractivity contribution in [1.82, 2.24) is 0 Å². The summed E-state index contributed by atoms with van der Waals surface area (Å²) >= 11 is 0. The van der Waals surface area contributed by atoms with E-state index in [1.807, 2.05) is 0 Å². The molecule has 66 heteroatoms. The number of carboxylic acids is 30. The molecule has 0 heterocycles. The maximum absolute atomic E-state index is 9.00. The van der Waals surface area contributed by atoms with Gasteiger partial charge in [0.2, 0.25) is 0 Å². The third-order valence-corrected chi connectivity index (χ3v) is 0.300. The lowest BCUT2D eigenvalue weighted by Crippen LogP contribution is -1.85. The van der Waals surface area contributed by atoms with E-state index in [-0.39, 0.29) is 39.6 Å². The number of hydrogen-bond donors (Lipinski definition) is 36. The van der Waals surface area contributed by atoms with Gasteiger partial charge in [0.15, 0.2) is 0 Å². The first-order valence-corrected chi connectivity index (χ1v) is 31.2. The van der Waals surface area contributed by atoms with Crippen molar-refractivity contribution in [1.29, 1.82) is 0 Å². The van der Waals surface area contributed by atoms with E-state index in [0.717, 1.165) is 208 Å². The zero-order valence-electron chi connectivity index (χ0n) is 77.6. The van der Waals surface area contributed by atoms with Crippen molar-refractivity contribution < 1.29 is 328 Å². The SMILES string of the molecule is CC(=O)O.CC(=O)O.CC(=O)O.CC(=O)O.CC(=O)O.CC(=O)O.CC(=O)O.CC(=O)O.CC(=O)O.CC(=O)O.CC(=O)O.CC(=O)O.CC(=O)O.CC(=O)O.CC(=O)O.CC(=O)O.CC(=O)O.CC(=O)O.CC(=O)O.CC(=O)O.CC(=O)O.CC(=O)O.CC(=O)O.CC(=O)O.CC(=O)O.CC(=O)O.CC(=O)O.CC(=O)O.CC(=O)O.CC(=O)O.OCCO.OCCO.OCCO. The summed E-state index contributed by atoms with van der Waals surface area (Å²) in [5.41, 5.74) is 0. The summed E-state index contributed by atoms with van der Waals surface area (Å²) in [4.78, 5) is 270. The highest BCUT2D eigenvalue weighted by Crippen LogP contribution is 1.53. The highest BCUT2D eigenvalue weighted by Gasteiger charge is 1.76. The molecule has 0 atom stereocenters. The molecule has 0 rings (SSSR count). The molecule has 36 N–H and O–H groups in total. The van der Waals surface area contributed by atoms with Crippen LogP contribution in [0.4, 0.5) is 0 Å². The largest absolute Gasteiger partial charge is 0.481 e. The van der Waals surface area contributed by atoms with E-state index in [1.54, 1.807) is 0 Å². The van der Waals surface area contributed by atoms with Gasteiger partial charge in [-0.15, -0.1) is 0 Å². The monoisotopic (exact) mass is 1990 g/mol. The average Bonchev–Trinajstić information content (AvgIpc) is 3.55.